The fourth-order valence-corrected chi connectivity index (χ4v) is 2.16. The summed E-state index contributed by atoms with van der Waals surface area (Å²) in [6.45, 7) is 0. The van der Waals surface area contributed by atoms with E-state index in [4.69, 9.17) is 34.8 Å². The molecule has 0 atom stereocenters. The van der Waals surface area contributed by atoms with Crippen LogP contribution >= 0.6 is 50.7 Å². The zero-order chi connectivity index (χ0) is 12.4. The predicted octanol–water partition coefficient (Wildman–Crippen LogP) is 4.94. The monoisotopic (exact) mass is 351 g/mol. The molecule has 0 saturated heterocycles. The van der Waals surface area contributed by atoms with Gasteiger partial charge in [0.25, 0.3) is 0 Å². The smallest absolute Gasteiger partial charge is 0.149 e. The largest absolute Gasteiger partial charge is 0.339 e. The number of nitrogens with zero attached hydrogens (tertiary/aromatic N) is 2. The van der Waals surface area contributed by atoms with Crippen molar-refractivity contribution >= 4 is 62.2 Å². The molecule has 0 fully saturated rings. The molecular weight excluding hydrogens is 348 g/mol. The molecule has 1 heterocycles. The lowest BCUT2D eigenvalue weighted by Crippen LogP contribution is -1.96. The summed E-state index contributed by atoms with van der Waals surface area (Å²) in [6, 6.07) is 5.11. The Morgan fingerprint density at radius 1 is 1.00 bits per heavy atom. The SMILES string of the molecule is Clc1cc(Cl)cc(Nc2ncnc(Cl)c2Br)c1. The minimum absolute atomic E-state index is 0.329. The Bertz CT molecular complexity index is 542. The highest BCUT2D eigenvalue weighted by Crippen LogP contribution is 2.30. The van der Waals surface area contributed by atoms with Crippen LogP contribution in [0.15, 0.2) is 29.0 Å². The van der Waals surface area contributed by atoms with Crippen LogP contribution in [0.2, 0.25) is 15.2 Å². The van der Waals surface area contributed by atoms with Crippen LogP contribution in [-0.2, 0) is 0 Å². The molecule has 1 aromatic carbocycles. The Morgan fingerprint density at radius 2 is 1.65 bits per heavy atom. The Kier molecular flexibility index (Phi) is 4.09. The van der Waals surface area contributed by atoms with Crippen LogP contribution in [0.25, 0.3) is 0 Å². The number of rotatable bonds is 2. The minimum Gasteiger partial charge on any atom is -0.339 e. The van der Waals surface area contributed by atoms with Crippen molar-refractivity contribution in [2.45, 2.75) is 0 Å². The Morgan fingerprint density at radius 3 is 2.29 bits per heavy atom. The van der Waals surface area contributed by atoms with Gasteiger partial charge < -0.3 is 5.32 Å². The third-order valence-electron chi connectivity index (χ3n) is 1.87. The van der Waals surface area contributed by atoms with Crippen molar-refractivity contribution in [2.24, 2.45) is 0 Å². The van der Waals surface area contributed by atoms with Crippen LogP contribution in [0.5, 0.6) is 0 Å². The van der Waals surface area contributed by atoms with Crippen LogP contribution in [0.4, 0.5) is 11.5 Å². The first-order valence-corrected chi connectivity index (χ1v) is 6.38. The first-order chi connectivity index (χ1) is 8.06. The van der Waals surface area contributed by atoms with E-state index in [1.54, 1.807) is 18.2 Å². The van der Waals surface area contributed by atoms with Crippen LogP contribution in [0, 0.1) is 0 Å². The number of aromatic nitrogens is 2. The molecule has 0 saturated carbocycles. The van der Waals surface area contributed by atoms with E-state index in [1.165, 1.54) is 6.33 Å². The first-order valence-electron chi connectivity index (χ1n) is 4.45. The maximum atomic E-state index is 5.89. The van der Waals surface area contributed by atoms with Crippen molar-refractivity contribution < 1.29 is 0 Å². The number of halogens is 4. The van der Waals surface area contributed by atoms with Gasteiger partial charge in [0.15, 0.2) is 0 Å². The lowest BCUT2D eigenvalue weighted by atomic mass is 10.3. The molecule has 2 rings (SSSR count). The summed E-state index contributed by atoms with van der Waals surface area (Å²) >= 11 is 20.9. The molecule has 7 heteroatoms. The molecule has 0 aliphatic heterocycles. The average molecular weight is 353 g/mol. The predicted molar refractivity (Wildman–Crippen MR) is 74.5 cm³/mol. The van der Waals surface area contributed by atoms with Crippen LogP contribution in [0.3, 0.4) is 0 Å². The molecule has 1 N–H and O–H groups in total. The van der Waals surface area contributed by atoms with E-state index in [0.717, 1.165) is 5.69 Å². The van der Waals surface area contributed by atoms with Gasteiger partial charge in [-0.25, -0.2) is 9.97 Å². The number of hydrogen-bond acceptors (Lipinski definition) is 3. The second-order valence-electron chi connectivity index (χ2n) is 3.11. The van der Waals surface area contributed by atoms with E-state index in [9.17, 15) is 0 Å². The summed E-state index contributed by atoms with van der Waals surface area (Å²) in [5, 5.41) is 4.45. The van der Waals surface area contributed by atoms with E-state index >= 15 is 0 Å². The summed E-state index contributed by atoms with van der Waals surface area (Å²) in [4.78, 5) is 7.89. The number of hydrogen-bond donors (Lipinski definition) is 1. The van der Waals surface area contributed by atoms with Gasteiger partial charge in [0, 0.05) is 15.7 Å². The molecule has 88 valence electrons. The van der Waals surface area contributed by atoms with E-state index < -0.39 is 0 Å². The molecule has 0 amide bonds. The Hall–Kier alpha value is -0.550. The van der Waals surface area contributed by atoms with E-state index in [0.29, 0.717) is 25.5 Å². The number of nitrogens with one attached hydrogen (secondary N) is 1. The van der Waals surface area contributed by atoms with Crippen molar-refractivity contribution in [3.05, 3.63) is 44.2 Å². The lowest BCUT2D eigenvalue weighted by molar-refractivity contribution is 1.15. The molecule has 0 aliphatic rings. The topological polar surface area (TPSA) is 37.8 Å². The second kappa shape index (κ2) is 5.40. The second-order valence-corrected chi connectivity index (χ2v) is 5.13. The summed E-state index contributed by atoms with van der Waals surface area (Å²) in [6.07, 6.45) is 1.36. The van der Waals surface area contributed by atoms with E-state index in [2.05, 4.69) is 31.2 Å². The van der Waals surface area contributed by atoms with Crippen molar-refractivity contribution in [3.63, 3.8) is 0 Å². The van der Waals surface area contributed by atoms with Crippen LogP contribution in [-0.4, -0.2) is 9.97 Å². The number of benzene rings is 1. The standard InChI is InChI=1S/C10H5BrCl3N3/c11-8-9(14)15-4-16-10(8)17-7-2-5(12)1-6(13)3-7/h1-4H,(H,15,16,17). The van der Waals surface area contributed by atoms with E-state index in [-0.39, 0.29) is 0 Å². The fourth-order valence-electron chi connectivity index (χ4n) is 1.20. The molecule has 0 aliphatic carbocycles. The molecule has 3 nitrogen and oxygen atoms in total. The van der Waals surface area contributed by atoms with Crippen molar-refractivity contribution in [2.75, 3.05) is 5.32 Å². The van der Waals surface area contributed by atoms with Gasteiger partial charge in [-0.2, -0.15) is 0 Å². The van der Waals surface area contributed by atoms with Crippen molar-refractivity contribution in [1.29, 1.82) is 0 Å². The lowest BCUT2D eigenvalue weighted by Gasteiger charge is -2.08. The fraction of sp³-hybridized carbons (Fsp3) is 0. The van der Waals surface area contributed by atoms with Gasteiger partial charge in [0.1, 0.15) is 17.3 Å². The van der Waals surface area contributed by atoms with Gasteiger partial charge in [-0.15, -0.1) is 0 Å². The van der Waals surface area contributed by atoms with Gasteiger partial charge >= 0.3 is 0 Å². The normalized spacial score (nSPS) is 10.4. The maximum Gasteiger partial charge on any atom is 0.149 e. The third-order valence-corrected chi connectivity index (χ3v) is 3.57. The third kappa shape index (κ3) is 3.22. The van der Waals surface area contributed by atoms with Gasteiger partial charge in [-0.1, -0.05) is 34.8 Å². The molecule has 0 bridgehead atoms. The number of anilines is 2. The maximum absolute atomic E-state index is 5.89. The van der Waals surface area contributed by atoms with Gasteiger partial charge in [-0.3, -0.25) is 0 Å². The quantitative estimate of drug-likeness (QED) is 0.777. The Labute approximate surface area is 121 Å². The van der Waals surface area contributed by atoms with Crippen molar-refractivity contribution in [1.82, 2.24) is 9.97 Å². The molecule has 2 aromatic rings. The summed E-state index contributed by atoms with van der Waals surface area (Å²) in [7, 11) is 0. The molecule has 0 unspecified atom stereocenters. The Balaban J connectivity index is 2.34. The average Bonchev–Trinajstić information content (AvgIpc) is 2.23. The van der Waals surface area contributed by atoms with E-state index in [1.807, 2.05) is 0 Å². The molecule has 17 heavy (non-hydrogen) atoms. The molecular formula is C10H5BrCl3N3. The highest BCUT2D eigenvalue weighted by molar-refractivity contribution is 9.10. The van der Waals surface area contributed by atoms with Crippen LogP contribution < -0.4 is 5.32 Å². The van der Waals surface area contributed by atoms with Gasteiger partial charge in [0.2, 0.25) is 0 Å². The highest BCUT2D eigenvalue weighted by atomic mass is 79.9. The molecule has 0 spiro atoms. The van der Waals surface area contributed by atoms with Crippen molar-refractivity contribution in [3.8, 4) is 0 Å². The molecule has 1 aromatic heterocycles. The van der Waals surface area contributed by atoms with Gasteiger partial charge in [0.05, 0.1) is 4.47 Å². The first kappa shape index (κ1) is 12.9. The van der Waals surface area contributed by atoms with Gasteiger partial charge in [-0.05, 0) is 34.1 Å². The highest BCUT2D eigenvalue weighted by Gasteiger charge is 2.07. The summed E-state index contributed by atoms with van der Waals surface area (Å²) in [5.41, 5.74) is 0.720. The summed E-state index contributed by atoms with van der Waals surface area (Å²) < 4.78 is 0.581. The summed E-state index contributed by atoms with van der Waals surface area (Å²) in [5.74, 6) is 0.545. The van der Waals surface area contributed by atoms with Crippen LogP contribution in [0.1, 0.15) is 0 Å². The minimum atomic E-state index is 0.329. The molecule has 0 radical (unpaired) electrons. The zero-order valence-electron chi connectivity index (χ0n) is 8.22. The zero-order valence-corrected chi connectivity index (χ0v) is 12.1.